The Morgan fingerprint density at radius 3 is 2.74 bits per heavy atom. The number of carbonyl (C=O) groups is 1. The van der Waals surface area contributed by atoms with Crippen molar-refractivity contribution in [2.75, 3.05) is 33.9 Å². The van der Waals surface area contributed by atoms with Gasteiger partial charge in [0.25, 0.3) is 0 Å². The van der Waals surface area contributed by atoms with Crippen molar-refractivity contribution in [2.24, 2.45) is 24.8 Å². The van der Waals surface area contributed by atoms with Crippen LogP contribution < -0.4 is 0 Å². The van der Waals surface area contributed by atoms with Crippen molar-refractivity contribution in [3.05, 3.63) is 18.0 Å². The van der Waals surface area contributed by atoms with Crippen LogP contribution in [0.15, 0.2) is 12.4 Å². The number of likely N-dealkylation sites (N-methyl/N-ethyl adjacent to an activating group) is 1. The van der Waals surface area contributed by atoms with Crippen molar-refractivity contribution in [3.63, 3.8) is 0 Å². The molecule has 0 radical (unpaired) electrons. The largest absolute Gasteiger partial charge is 0.381 e. The van der Waals surface area contributed by atoms with Crippen molar-refractivity contribution in [2.45, 2.75) is 24.9 Å². The van der Waals surface area contributed by atoms with Gasteiger partial charge in [-0.3, -0.25) is 9.48 Å². The molecule has 2 aliphatic heterocycles. The molecular weight excluding hydrogens is 292 g/mol. The highest BCUT2D eigenvalue weighted by molar-refractivity contribution is 5.83. The molecular formula is C17H26N4O2. The number of hydrogen-bond donors (Lipinski definition) is 0. The quantitative estimate of drug-likeness (QED) is 0.806. The summed E-state index contributed by atoms with van der Waals surface area (Å²) in [6, 6.07) is 0.679. The van der Waals surface area contributed by atoms with Gasteiger partial charge in [0, 0.05) is 31.7 Å². The minimum atomic E-state index is 0.223. The zero-order chi connectivity index (χ0) is 16.1. The van der Waals surface area contributed by atoms with Crippen molar-refractivity contribution >= 4 is 5.91 Å². The summed E-state index contributed by atoms with van der Waals surface area (Å²) in [4.78, 5) is 17.4. The van der Waals surface area contributed by atoms with Gasteiger partial charge in [-0.05, 0) is 44.3 Å². The lowest BCUT2D eigenvalue weighted by Crippen LogP contribution is -2.46. The Labute approximate surface area is 137 Å². The van der Waals surface area contributed by atoms with Gasteiger partial charge in [-0.2, -0.15) is 5.10 Å². The smallest absolute Gasteiger partial charge is 0.226 e. The predicted octanol–water partition coefficient (Wildman–Crippen LogP) is 0.386. The van der Waals surface area contributed by atoms with Crippen LogP contribution in [0, 0.1) is 17.8 Å². The van der Waals surface area contributed by atoms with Gasteiger partial charge in [-0.1, -0.05) is 0 Å². The Morgan fingerprint density at radius 2 is 2.13 bits per heavy atom. The summed E-state index contributed by atoms with van der Waals surface area (Å²) < 4.78 is 7.28. The molecule has 6 heteroatoms. The van der Waals surface area contributed by atoms with Crippen LogP contribution in [0.5, 0.6) is 0 Å². The standard InChI is InChI=1S/C17H26N4O2/c1-19(2)14-4-5-21(15(14)6-11-7-18-20(3)8-11)17(22)16-12-9-23-10-13(12)16/h7-8,12-16H,4-6,9-10H2,1-3H3/t12-,13+,14-,15+,16?/m1/s1. The predicted molar refractivity (Wildman–Crippen MR) is 85.8 cm³/mol. The van der Waals surface area contributed by atoms with Gasteiger partial charge in [0.1, 0.15) is 0 Å². The van der Waals surface area contributed by atoms with Crippen molar-refractivity contribution < 1.29 is 9.53 Å². The van der Waals surface area contributed by atoms with Crippen LogP contribution in [0.1, 0.15) is 12.0 Å². The molecule has 23 heavy (non-hydrogen) atoms. The molecule has 1 aliphatic carbocycles. The lowest BCUT2D eigenvalue weighted by Gasteiger charge is -2.31. The molecule has 0 N–H and O–H groups in total. The number of hydrogen-bond acceptors (Lipinski definition) is 4. The maximum atomic E-state index is 13.0. The van der Waals surface area contributed by atoms with Crippen LogP contribution in [0.4, 0.5) is 0 Å². The Hall–Kier alpha value is -1.40. The van der Waals surface area contributed by atoms with Crippen LogP contribution in [-0.2, 0) is 23.0 Å². The summed E-state index contributed by atoms with van der Waals surface area (Å²) >= 11 is 0. The lowest BCUT2D eigenvalue weighted by molar-refractivity contribution is -0.135. The van der Waals surface area contributed by atoms with Crippen molar-refractivity contribution in [1.82, 2.24) is 19.6 Å². The van der Waals surface area contributed by atoms with E-state index in [0.717, 1.165) is 32.6 Å². The van der Waals surface area contributed by atoms with E-state index in [1.807, 2.05) is 17.9 Å². The first-order chi connectivity index (χ1) is 11.1. The summed E-state index contributed by atoms with van der Waals surface area (Å²) in [6.45, 7) is 2.43. The Balaban J connectivity index is 1.51. The molecule has 1 unspecified atom stereocenters. The van der Waals surface area contributed by atoms with E-state index < -0.39 is 0 Å². The molecule has 1 aromatic rings. The SMILES string of the molecule is CN(C)[C@@H]1CCN(C(=O)C2[C@H]3COC[C@@H]23)[C@H]1Cc1cnn(C)c1. The molecule has 1 aromatic heterocycles. The fourth-order valence-electron chi connectivity index (χ4n) is 4.58. The highest BCUT2D eigenvalue weighted by atomic mass is 16.5. The van der Waals surface area contributed by atoms with Gasteiger partial charge in [-0.25, -0.2) is 0 Å². The van der Waals surface area contributed by atoms with Gasteiger partial charge >= 0.3 is 0 Å². The third-order valence-electron chi connectivity index (χ3n) is 5.90. The highest BCUT2D eigenvalue weighted by Gasteiger charge is 2.60. The molecule has 4 rings (SSSR count). The molecule has 3 aliphatic rings. The van der Waals surface area contributed by atoms with Crippen LogP contribution >= 0.6 is 0 Å². The summed E-state index contributed by atoms with van der Waals surface area (Å²) in [6.07, 6.45) is 5.93. The van der Waals surface area contributed by atoms with Crippen LogP contribution in [0.25, 0.3) is 0 Å². The monoisotopic (exact) mass is 318 g/mol. The number of fused-ring (bicyclic) bond motifs is 1. The summed E-state index contributed by atoms with van der Waals surface area (Å²) in [5.41, 5.74) is 1.21. The normalized spacial score (nSPS) is 35.8. The van der Waals surface area contributed by atoms with E-state index in [1.54, 1.807) is 0 Å². The Kier molecular flexibility index (Phi) is 3.69. The number of rotatable bonds is 4. The van der Waals surface area contributed by atoms with E-state index in [0.29, 0.717) is 23.8 Å². The first-order valence-electron chi connectivity index (χ1n) is 8.58. The molecule has 3 fully saturated rings. The Bertz CT molecular complexity index is 589. The first kappa shape index (κ1) is 15.1. The summed E-state index contributed by atoms with van der Waals surface area (Å²) in [5, 5.41) is 4.28. The zero-order valence-corrected chi connectivity index (χ0v) is 14.2. The summed E-state index contributed by atoms with van der Waals surface area (Å²) in [7, 11) is 6.18. The molecule has 1 saturated carbocycles. The minimum absolute atomic E-state index is 0.223. The van der Waals surface area contributed by atoms with Crippen molar-refractivity contribution in [3.8, 4) is 0 Å². The number of aromatic nitrogens is 2. The fourth-order valence-corrected chi connectivity index (χ4v) is 4.58. The number of amides is 1. The van der Waals surface area contributed by atoms with E-state index in [9.17, 15) is 4.79 Å². The number of nitrogens with zero attached hydrogens (tertiary/aromatic N) is 4. The third-order valence-corrected chi connectivity index (χ3v) is 5.90. The second kappa shape index (κ2) is 5.60. The maximum Gasteiger partial charge on any atom is 0.226 e. The van der Waals surface area contributed by atoms with E-state index in [1.165, 1.54) is 5.56 Å². The topological polar surface area (TPSA) is 50.6 Å². The van der Waals surface area contributed by atoms with Gasteiger partial charge < -0.3 is 14.5 Å². The van der Waals surface area contributed by atoms with Gasteiger partial charge in [-0.15, -0.1) is 0 Å². The van der Waals surface area contributed by atoms with Crippen LogP contribution in [-0.4, -0.2) is 71.4 Å². The number of ether oxygens (including phenoxy) is 1. The fraction of sp³-hybridized carbons (Fsp3) is 0.765. The van der Waals surface area contributed by atoms with Gasteiger partial charge in [0.2, 0.25) is 5.91 Å². The second-order valence-electron chi connectivity index (χ2n) is 7.54. The van der Waals surface area contributed by atoms with E-state index in [-0.39, 0.29) is 12.0 Å². The maximum absolute atomic E-state index is 13.0. The van der Waals surface area contributed by atoms with E-state index >= 15 is 0 Å². The molecule has 126 valence electrons. The number of likely N-dealkylation sites (tertiary alicyclic amines) is 1. The zero-order valence-electron chi connectivity index (χ0n) is 14.2. The van der Waals surface area contributed by atoms with Crippen molar-refractivity contribution in [1.29, 1.82) is 0 Å². The molecule has 5 atom stereocenters. The van der Waals surface area contributed by atoms with Gasteiger partial charge in [0.05, 0.1) is 25.5 Å². The van der Waals surface area contributed by atoms with Crippen LogP contribution in [0.2, 0.25) is 0 Å². The third kappa shape index (κ3) is 2.58. The van der Waals surface area contributed by atoms with E-state index in [2.05, 4.69) is 35.2 Å². The lowest BCUT2D eigenvalue weighted by atomic mass is 10.0. The molecule has 0 bridgehead atoms. The average Bonchev–Trinajstić information content (AvgIpc) is 2.96. The second-order valence-corrected chi connectivity index (χ2v) is 7.54. The molecule has 2 saturated heterocycles. The number of aryl methyl sites for hydroxylation is 1. The minimum Gasteiger partial charge on any atom is -0.381 e. The van der Waals surface area contributed by atoms with E-state index in [4.69, 9.17) is 4.74 Å². The molecule has 0 aromatic carbocycles. The molecule has 3 heterocycles. The van der Waals surface area contributed by atoms with Gasteiger partial charge in [0.15, 0.2) is 0 Å². The Morgan fingerprint density at radius 1 is 1.39 bits per heavy atom. The van der Waals surface area contributed by atoms with Crippen LogP contribution in [0.3, 0.4) is 0 Å². The summed E-state index contributed by atoms with van der Waals surface area (Å²) in [5.74, 6) is 1.56. The molecule has 1 amide bonds. The molecule has 0 spiro atoms. The number of carbonyl (C=O) groups excluding carboxylic acids is 1. The average molecular weight is 318 g/mol. The molecule has 6 nitrogen and oxygen atoms in total. The highest BCUT2D eigenvalue weighted by Crippen LogP contribution is 2.52. The first-order valence-corrected chi connectivity index (χ1v) is 8.58.